The monoisotopic (exact) mass is 326 g/mol. The Morgan fingerprint density at radius 3 is 1.61 bits per heavy atom. The number of hydrogen-bond acceptors (Lipinski definition) is 4. The Morgan fingerprint density at radius 1 is 0.826 bits per heavy atom. The molecule has 4 nitrogen and oxygen atoms in total. The van der Waals surface area contributed by atoms with Crippen LogP contribution in [-0.4, -0.2) is 25.2 Å². The normalized spacial score (nSPS) is 11.7. The third-order valence-corrected chi connectivity index (χ3v) is 3.81. The average Bonchev–Trinajstić information content (AvgIpc) is 2.54. The van der Waals surface area contributed by atoms with Crippen LogP contribution < -0.4 is 0 Å². The minimum absolute atomic E-state index is 0.357. The molecule has 0 radical (unpaired) electrons. The van der Waals surface area contributed by atoms with Crippen LogP contribution in [0.1, 0.15) is 79.1 Å². The first-order valence-electron chi connectivity index (χ1n) is 9.01. The number of rotatable bonds is 13. The highest BCUT2D eigenvalue weighted by atomic mass is 16.6. The van der Waals surface area contributed by atoms with E-state index in [-0.39, 0.29) is 0 Å². The lowest BCUT2D eigenvalue weighted by atomic mass is 9.90. The minimum atomic E-state index is -1.34. The van der Waals surface area contributed by atoms with Crippen LogP contribution in [0.2, 0.25) is 0 Å². The Balaban J connectivity index is 4.39. The second-order valence-corrected chi connectivity index (χ2v) is 6.10. The van der Waals surface area contributed by atoms with Crippen LogP contribution in [0, 0.1) is 5.41 Å². The zero-order chi connectivity index (χ0) is 17.6. The molecule has 23 heavy (non-hydrogen) atoms. The maximum atomic E-state index is 12.3. The van der Waals surface area contributed by atoms with Gasteiger partial charge in [-0.1, -0.05) is 64.5 Å². The molecule has 0 aliphatic heterocycles. The van der Waals surface area contributed by atoms with Crippen LogP contribution in [0.3, 0.4) is 0 Å². The van der Waals surface area contributed by atoms with Gasteiger partial charge in [0.15, 0.2) is 5.41 Å². The van der Waals surface area contributed by atoms with Crippen molar-refractivity contribution in [2.24, 2.45) is 5.41 Å². The highest BCUT2D eigenvalue weighted by Gasteiger charge is 2.41. The number of carbonyl (C=O) groups excluding carboxylic acids is 2. The van der Waals surface area contributed by atoms with Gasteiger partial charge in [0.2, 0.25) is 0 Å². The molecule has 0 atom stereocenters. The Hall–Kier alpha value is -1.32. The fourth-order valence-corrected chi connectivity index (χ4v) is 2.24. The van der Waals surface area contributed by atoms with Crippen LogP contribution in [0.25, 0.3) is 0 Å². The summed E-state index contributed by atoms with van der Waals surface area (Å²) in [5.41, 5.74) is -1.34. The number of unbranched alkanes of at least 4 members (excludes halogenated alkanes) is 6. The molecule has 0 aromatic heterocycles. The van der Waals surface area contributed by atoms with Crippen molar-refractivity contribution in [1.29, 1.82) is 0 Å². The van der Waals surface area contributed by atoms with Gasteiger partial charge in [-0.25, -0.2) is 0 Å². The van der Waals surface area contributed by atoms with E-state index in [0.29, 0.717) is 13.2 Å². The van der Waals surface area contributed by atoms with E-state index < -0.39 is 17.4 Å². The predicted octanol–water partition coefficient (Wildman–Crippen LogP) is 4.82. The summed E-state index contributed by atoms with van der Waals surface area (Å²) in [6, 6.07) is 0. The quantitative estimate of drug-likeness (QED) is 0.211. The third-order valence-electron chi connectivity index (χ3n) is 3.81. The molecular weight excluding hydrogens is 292 g/mol. The van der Waals surface area contributed by atoms with Crippen molar-refractivity contribution in [2.75, 3.05) is 13.2 Å². The topological polar surface area (TPSA) is 52.6 Å². The molecular formula is C19H34O4. The summed E-state index contributed by atoms with van der Waals surface area (Å²) in [6.07, 6.45) is 11.5. The van der Waals surface area contributed by atoms with Crippen LogP contribution in [0.15, 0.2) is 12.2 Å². The van der Waals surface area contributed by atoms with Gasteiger partial charge in [0.25, 0.3) is 0 Å². The van der Waals surface area contributed by atoms with Gasteiger partial charge >= 0.3 is 11.9 Å². The van der Waals surface area contributed by atoms with Gasteiger partial charge < -0.3 is 9.47 Å². The molecule has 0 saturated carbocycles. The first kappa shape index (κ1) is 21.7. The Morgan fingerprint density at radius 2 is 1.26 bits per heavy atom. The minimum Gasteiger partial charge on any atom is -0.465 e. The summed E-state index contributed by atoms with van der Waals surface area (Å²) in [6.45, 7) is 8.32. The zero-order valence-electron chi connectivity index (χ0n) is 15.4. The van der Waals surface area contributed by atoms with Crippen molar-refractivity contribution in [3.8, 4) is 0 Å². The van der Waals surface area contributed by atoms with Gasteiger partial charge in [-0.05, 0) is 26.7 Å². The lowest BCUT2D eigenvalue weighted by Gasteiger charge is -2.22. The van der Waals surface area contributed by atoms with Crippen LogP contribution in [0.5, 0.6) is 0 Å². The summed E-state index contributed by atoms with van der Waals surface area (Å²) in [4.78, 5) is 24.6. The Kier molecular flexibility index (Phi) is 12.4. The molecule has 0 saturated heterocycles. The summed E-state index contributed by atoms with van der Waals surface area (Å²) >= 11 is 0. The SMILES string of the molecule is CC=CC(C)(C(=O)OCCCCCC)C(=O)OCCCCCC. The highest BCUT2D eigenvalue weighted by molar-refractivity contribution is 6.01. The molecule has 0 bridgehead atoms. The van der Waals surface area contributed by atoms with Crippen molar-refractivity contribution < 1.29 is 19.1 Å². The van der Waals surface area contributed by atoms with E-state index in [4.69, 9.17) is 9.47 Å². The Bertz CT molecular complexity index is 334. The van der Waals surface area contributed by atoms with Gasteiger partial charge in [0.05, 0.1) is 13.2 Å². The zero-order valence-corrected chi connectivity index (χ0v) is 15.4. The number of esters is 2. The number of carbonyl (C=O) groups is 2. The fourth-order valence-electron chi connectivity index (χ4n) is 2.24. The van der Waals surface area contributed by atoms with Gasteiger partial charge in [-0.2, -0.15) is 0 Å². The maximum Gasteiger partial charge on any atom is 0.327 e. The van der Waals surface area contributed by atoms with E-state index in [9.17, 15) is 9.59 Å². The summed E-state index contributed by atoms with van der Waals surface area (Å²) in [7, 11) is 0. The molecule has 0 amide bonds. The van der Waals surface area contributed by atoms with Gasteiger partial charge in [0.1, 0.15) is 0 Å². The van der Waals surface area contributed by atoms with E-state index in [1.54, 1.807) is 26.0 Å². The molecule has 134 valence electrons. The largest absolute Gasteiger partial charge is 0.465 e. The number of ether oxygens (including phenoxy) is 2. The van der Waals surface area contributed by atoms with Crippen molar-refractivity contribution >= 4 is 11.9 Å². The van der Waals surface area contributed by atoms with Crippen molar-refractivity contribution in [3.05, 3.63) is 12.2 Å². The molecule has 0 aliphatic carbocycles. The molecule has 0 N–H and O–H groups in total. The molecule has 0 aromatic rings. The molecule has 0 aliphatic rings. The lowest BCUT2D eigenvalue weighted by molar-refractivity contribution is -0.167. The maximum absolute atomic E-state index is 12.3. The standard InChI is InChI=1S/C19H34O4/c1-5-8-10-12-15-22-17(20)19(4,14-7-3)18(21)23-16-13-11-9-6-2/h7,14H,5-6,8-13,15-16H2,1-4H3. The molecule has 0 spiro atoms. The van der Waals surface area contributed by atoms with E-state index >= 15 is 0 Å². The summed E-state index contributed by atoms with van der Waals surface area (Å²) in [5.74, 6) is -1.05. The first-order valence-corrected chi connectivity index (χ1v) is 9.01. The van der Waals surface area contributed by atoms with E-state index in [1.807, 2.05) is 0 Å². The van der Waals surface area contributed by atoms with Crippen LogP contribution in [0.4, 0.5) is 0 Å². The van der Waals surface area contributed by atoms with Crippen LogP contribution >= 0.6 is 0 Å². The molecule has 0 fully saturated rings. The van der Waals surface area contributed by atoms with Gasteiger partial charge in [-0.15, -0.1) is 0 Å². The van der Waals surface area contributed by atoms with Crippen molar-refractivity contribution in [1.82, 2.24) is 0 Å². The van der Waals surface area contributed by atoms with E-state index in [2.05, 4.69) is 13.8 Å². The summed E-state index contributed by atoms with van der Waals surface area (Å²) < 4.78 is 10.6. The number of allylic oxidation sites excluding steroid dienone is 1. The Labute approximate surface area is 141 Å². The lowest BCUT2D eigenvalue weighted by Crippen LogP contribution is -2.38. The van der Waals surface area contributed by atoms with Gasteiger partial charge in [-0.3, -0.25) is 9.59 Å². The molecule has 0 unspecified atom stereocenters. The molecule has 4 heteroatoms. The second kappa shape index (κ2) is 13.1. The van der Waals surface area contributed by atoms with Crippen molar-refractivity contribution in [2.45, 2.75) is 79.1 Å². The highest BCUT2D eigenvalue weighted by Crippen LogP contribution is 2.23. The average molecular weight is 326 g/mol. The molecule has 0 heterocycles. The van der Waals surface area contributed by atoms with Crippen LogP contribution in [-0.2, 0) is 19.1 Å². The first-order chi connectivity index (χ1) is 11.0. The third kappa shape index (κ3) is 8.77. The second-order valence-electron chi connectivity index (χ2n) is 6.10. The number of hydrogen-bond donors (Lipinski definition) is 0. The molecule has 0 rings (SSSR count). The fraction of sp³-hybridized carbons (Fsp3) is 0.789. The summed E-state index contributed by atoms with van der Waals surface area (Å²) in [5, 5.41) is 0. The van der Waals surface area contributed by atoms with E-state index in [1.165, 1.54) is 0 Å². The van der Waals surface area contributed by atoms with E-state index in [0.717, 1.165) is 51.4 Å². The predicted molar refractivity (Wildman–Crippen MR) is 93.1 cm³/mol. The molecule has 0 aromatic carbocycles. The van der Waals surface area contributed by atoms with Gasteiger partial charge in [0, 0.05) is 0 Å². The van der Waals surface area contributed by atoms with Crippen molar-refractivity contribution in [3.63, 3.8) is 0 Å². The smallest absolute Gasteiger partial charge is 0.327 e.